The Labute approximate surface area is 132 Å². The molecule has 118 valence electrons. The van der Waals surface area contributed by atoms with E-state index in [2.05, 4.69) is 34.7 Å². The van der Waals surface area contributed by atoms with Crippen molar-refractivity contribution in [2.45, 2.75) is 38.1 Å². The Bertz CT molecular complexity index is 479. The van der Waals surface area contributed by atoms with Gasteiger partial charge in [-0.3, -0.25) is 10.1 Å². The first-order valence-electron chi connectivity index (χ1n) is 6.61. The number of anilines is 1. The average molecular weight is 332 g/mol. The molecule has 1 heterocycles. The van der Waals surface area contributed by atoms with Crippen LogP contribution in [0.1, 0.15) is 27.7 Å². The van der Waals surface area contributed by atoms with Gasteiger partial charge in [-0.1, -0.05) is 36.9 Å². The van der Waals surface area contributed by atoms with Gasteiger partial charge in [-0.15, -0.1) is 10.2 Å². The van der Waals surface area contributed by atoms with Crippen LogP contribution < -0.4 is 10.6 Å². The van der Waals surface area contributed by atoms with Crippen molar-refractivity contribution in [1.29, 1.82) is 0 Å². The smallest absolute Gasteiger partial charge is 0.413 e. The second-order valence-corrected chi connectivity index (χ2v) is 6.81. The molecule has 0 saturated heterocycles. The van der Waals surface area contributed by atoms with Gasteiger partial charge in [0.05, 0.1) is 12.4 Å². The molecule has 0 aliphatic carbocycles. The van der Waals surface area contributed by atoms with Crippen molar-refractivity contribution < 1.29 is 14.3 Å². The van der Waals surface area contributed by atoms with Crippen molar-refractivity contribution in [2.24, 2.45) is 5.92 Å². The van der Waals surface area contributed by atoms with Gasteiger partial charge in [0.25, 0.3) is 0 Å². The molecule has 2 N–H and O–H groups in total. The molecule has 0 aromatic carbocycles. The third-order valence-electron chi connectivity index (χ3n) is 2.61. The van der Waals surface area contributed by atoms with Crippen LogP contribution in [0.2, 0.25) is 0 Å². The second kappa shape index (κ2) is 8.83. The molecule has 0 radical (unpaired) electrons. The topological polar surface area (TPSA) is 93.2 Å². The highest BCUT2D eigenvalue weighted by atomic mass is 32.2. The monoisotopic (exact) mass is 332 g/mol. The molecule has 1 aromatic heterocycles. The van der Waals surface area contributed by atoms with E-state index in [0.717, 1.165) is 0 Å². The first-order chi connectivity index (χ1) is 9.92. The summed E-state index contributed by atoms with van der Waals surface area (Å²) in [5, 5.41) is 13.4. The van der Waals surface area contributed by atoms with Crippen LogP contribution in [0, 0.1) is 5.92 Å². The van der Waals surface area contributed by atoms with Gasteiger partial charge in [0.1, 0.15) is 0 Å². The van der Waals surface area contributed by atoms with E-state index in [1.165, 1.54) is 23.1 Å². The summed E-state index contributed by atoms with van der Waals surface area (Å²) < 4.78 is 5.36. The lowest BCUT2D eigenvalue weighted by Crippen LogP contribution is -2.37. The van der Waals surface area contributed by atoms with Gasteiger partial charge in [0.2, 0.25) is 11.0 Å². The van der Waals surface area contributed by atoms with E-state index in [1.807, 2.05) is 6.92 Å². The Kier molecular flexibility index (Phi) is 7.44. The summed E-state index contributed by atoms with van der Waals surface area (Å²) in [6.45, 7) is 8.09. The molecule has 1 rings (SSSR count). The predicted octanol–water partition coefficient (Wildman–Crippen LogP) is 2.36. The molecule has 1 aromatic rings. The lowest BCUT2D eigenvalue weighted by atomic mass is 10.1. The summed E-state index contributed by atoms with van der Waals surface area (Å²) in [4.78, 5) is 22.9. The summed E-state index contributed by atoms with van der Waals surface area (Å²) >= 11 is 2.49. The van der Waals surface area contributed by atoms with Gasteiger partial charge in [-0.25, -0.2) is 4.79 Å². The summed E-state index contributed by atoms with van der Waals surface area (Å²) in [6, 6.07) is 0.133. The van der Waals surface area contributed by atoms with Crippen molar-refractivity contribution >= 4 is 40.2 Å². The van der Waals surface area contributed by atoms with E-state index in [9.17, 15) is 9.59 Å². The predicted molar refractivity (Wildman–Crippen MR) is 83.7 cm³/mol. The van der Waals surface area contributed by atoms with Gasteiger partial charge in [-0.2, -0.15) is 0 Å². The number of thioether (sulfide) groups is 1. The quantitative estimate of drug-likeness (QED) is 0.588. The summed E-state index contributed by atoms with van der Waals surface area (Å²) in [5.41, 5.74) is 0. The van der Waals surface area contributed by atoms with E-state index in [4.69, 9.17) is 4.74 Å². The van der Waals surface area contributed by atoms with Crippen LogP contribution in [-0.2, 0) is 9.53 Å². The van der Waals surface area contributed by atoms with Crippen LogP contribution in [0.3, 0.4) is 0 Å². The molecule has 0 spiro atoms. The van der Waals surface area contributed by atoms with Crippen LogP contribution in [0.15, 0.2) is 4.34 Å². The van der Waals surface area contributed by atoms with Crippen molar-refractivity contribution in [3.63, 3.8) is 0 Å². The number of rotatable bonds is 7. The second-order valence-electron chi connectivity index (χ2n) is 4.61. The SMILES string of the molecule is CCOC(=O)Nc1nnc(SCC(=O)NC(C)C(C)C)s1. The van der Waals surface area contributed by atoms with Crippen molar-refractivity contribution in [3.05, 3.63) is 0 Å². The zero-order chi connectivity index (χ0) is 15.8. The normalized spacial score (nSPS) is 12.0. The summed E-state index contributed by atoms with van der Waals surface area (Å²) in [6.07, 6.45) is -0.561. The van der Waals surface area contributed by atoms with Crippen LogP contribution in [0.4, 0.5) is 9.93 Å². The molecule has 1 atom stereocenters. The molecule has 0 aliphatic rings. The van der Waals surface area contributed by atoms with Crippen LogP contribution in [-0.4, -0.2) is 40.6 Å². The van der Waals surface area contributed by atoms with E-state index in [-0.39, 0.29) is 17.7 Å². The van der Waals surface area contributed by atoms with Crippen LogP contribution in [0.5, 0.6) is 0 Å². The molecular formula is C12H20N4O3S2. The standard InChI is InChI=1S/C12H20N4O3S2/c1-5-19-11(18)14-10-15-16-12(21-10)20-6-9(17)13-8(4)7(2)3/h7-8H,5-6H2,1-4H3,(H,13,17)(H,14,15,18). The first-order valence-corrected chi connectivity index (χ1v) is 8.42. The van der Waals surface area contributed by atoms with Crippen molar-refractivity contribution in [1.82, 2.24) is 15.5 Å². The number of aromatic nitrogens is 2. The van der Waals surface area contributed by atoms with Crippen LogP contribution >= 0.6 is 23.1 Å². The number of ether oxygens (including phenoxy) is 1. The number of hydrogen-bond acceptors (Lipinski definition) is 7. The highest BCUT2D eigenvalue weighted by molar-refractivity contribution is 8.01. The number of nitrogens with zero attached hydrogens (tertiary/aromatic N) is 2. The summed E-state index contributed by atoms with van der Waals surface area (Å²) in [7, 11) is 0. The van der Waals surface area contributed by atoms with Gasteiger partial charge in [0.15, 0.2) is 4.34 Å². The molecule has 2 amide bonds. The third-order valence-corrected chi connectivity index (χ3v) is 4.58. The minimum Gasteiger partial charge on any atom is -0.450 e. The van der Waals surface area contributed by atoms with E-state index in [0.29, 0.717) is 22.0 Å². The van der Waals surface area contributed by atoms with Gasteiger partial charge in [0, 0.05) is 6.04 Å². The maximum Gasteiger partial charge on any atom is 0.413 e. The lowest BCUT2D eigenvalue weighted by Gasteiger charge is -2.16. The molecular weight excluding hydrogens is 312 g/mol. The molecule has 0 fully saturated rings. The zero-order valence-electron chi connectivity index (χ0n) is 12.5. The molecule has 21 heavy (non-hydrogen) atoms. The Balaban J connectivity index is 2.38. The number of nitrogens with one attached hydrogen (secondary N) is 2. The highest BCUT2D eigenvalue weighted by Crippen LogP contribution is 2.25. The van der Waals surface area contributed by atoms with E-state index >= 15 is 0 Å². The largest absolute Gasteiger partial charge is 0.450 e. The maximum absolute atomic E-state index is 11.7. The number of amides is 2. The lowest BCUT2D eigenvalue weighted by molar-refractivity contribution is -0.119. The molecule has 0 saturated carbocycles. The first kappa shape index (κ1) is 17.7. The van der Waals surface area contributed by atoms with Crippen LogP contribution in [0.25, 0.3) is 0 Å². The summed E-state index contributed by atoms with van der Waals surface area (Å²) in [5.74, 6) is 0.614. The molecule has 0 bridgehead atoms. The average Bonchev–Trinajstić information content (AvgIpc) is 2.84. The molecule has 9 heteroatoms. The fraction of sp³-hybridized carbons (Fsp3) is 0.667. The maximum atomic E-state index is 11.7. The van der Waals surface area contributed by atoms with Crippen molar-refractivity contribution in [3.8, 4) is 0 Å². The fourth-order valence-corrected chi connectivity index (χ4v) is 2.71. The zero-order valence-corrected chi connectivity index (χ0v) is 14.1. The Morgan fingerprint density at radius 3 is 2.67 bits per heavy atom. The minimum absolute atomic E-state index is 0.0451. The fourth-order valence-electron chi connectivity index (χ4n) is 1.16. The number of hydrogen-bond donors (Lipinski definition) is 2. The van der Waals surface area contributed by atoms with Crippen molar-refractivity contribution in [2.75, 3.05) is 17.7 Å². The Morgan fingerprint density at radius 2 is 2.05 bits per heavy atom. The molecule has 1 unspecified atom stereocenters. The third kappa shape index (κ3) is 6.76. The number of carbonyl (C=O) groups excluding carboxylic acids is 2. The van der Waals surface area contributed by atoms with Gasteiger partial charge in [-0.05, 0) is 19.8 Å². The molecule has 0 aliphatic heterocycles. The Morgan fingerprint density at radius 1 is 1.33 bits per heavy atom. The number of carbonyl (C=O) groups is 2. The highest BCUT2D eigenvalue weighted by Gasteiger charge is 2.13. The minimum atomic E-state index is -0.561. The van der Waals surface area contributed by atoms with Gasteiger partial charge < -0.3 is 10.1 Å². The van der Waals surface area contributed by atoms with E-state index in [1.54, 1.807) is 6.92 Å². The van der Waals surface area contributed by atoms with Gasteiger partial charge >= 0.3 is 6.09 Å². The molecule has 7 nitrogen and oxygen atoms in total. The van der Waals surface area contributed by atoms with E-state index < -0.39 is 6.09 Å². The Hall–Kier alpha value is -1.35.